The maximum absolute atomic E-state index is 13.1. The number of hydrogen-bond donors (Lipinski definition) is 1. The molecule has 8 heteroatoms. The monoisotopic (exact) mass is 496 g/mol. The topological polar surface area (TPSA) is 97.5 Å². The van der Waals surface area contributed by atoms with Crippen molar-refractivity contribution in [2.45, 2.75) is 78.1 Å². The van der Waals surface area contributed by atoms with Gasteiger partial charge in [-0.15, -0.1) is 0 Å². The number of aliphatic imine (C=N–C) groups is 1. The van der Waals surface area contributed by atoms with E-state index in [1.165, 1.54) is 0 Å². The molecule has 2 amide bonds. The van der Waals surface area contributed by atoms with E-state index in [0.29, 0.717) is 26.2 Å². The summed E-state index contributed by atoms with van der Waals surface area (Å²) in [7, 11) is 0. The number of carbonyl (C=O) groups excluding carboxylic acids is 2. The minimum Gasteiger partial charge on any atom is -0.490 e. The van der Waals surface area contributed by atoms with E-state index in [4.69, 9.17) is 15.2 Å². The molecule has 3 fully saturated rings. The highest BCUT2D eigenvalue weighted by Gasteiger charge is 2.30. The summed E-state index contributed by atoms with van der Waals surface area (Å²) in [6, 6.07) is 6.17. The van der Waals surface area contributed by atoms with Gasteiger partial charge in [-0.1, -0.05) is 18.2 Å². The molecule has 1 aromatic carbocycles. The van der Waals surface area contributed by atoms with E-state index < -0.39 is 0 Å². The van der Waals surface area contributed by atoms with E-state index in [0.717, 1.165) is 60.3 Å². The summed E-state index contributed by atoms with van der Waals surface area (Å²) in [5.74, 6) is 0.821. The normalized spacial score (nSPS) is 25.8. The number of piperidine rings is 1. The Balaban J connectivity index is 1.32. The fourth-order valence-electron chi connectivity index (χ4n) is 5.47. The van der Waals surface area contributed by atoms with E-state index in [9.17, 15) is 9.59 Å². The van der Waals surface area contributed by atoms with Crippen LogP contribution in [0.1, 0.15) is 57.1 Å². The lowest BCUT2D eigenvalue weighted by atomic mass is 10.1. The van der Waals surface area contributed by atoms with Crippen LogP contribution in [0.15, 0.2) is 34.5 Å². The molecule has 0 aromatic heterocycles. The average Bonchev–Trinajstić information content (AvgIpc) is 3.32. The molecular weight excluding hydrogens is 456 g/mol. The first kappa shape index (κ1) is 26.2. The Kier molecular flexibility index (Phi) is 8.34. The van der Waals surface area contributed by atoms with Crippen molar-refractivity contribution in [2.75, 3.05) is 32.7 Å². The lowest BCUT2D eigenvalue weighted by Crippen LogP contribution is -2.49. The molecule has 0 unspecified atom stereocenters. The van der Waals surface area contributed by atoms with Crippen molar-refractivity contribution >= 4 is 17.5 Å². The van der Waals surface area contributed by atoms with Gasteiger partial charge < -0.3 is 25.0 Å². The maximum Gasteiger partial charge on any atom is 0.270 e. The number of amides is 2. The summed E-state index contributed by atoms with van der Waals surface area (Å²) < 4.78 is 12.0. The van der Waals surface area contributed by atoms with Gasteiger partial charge in [-0.2, -0.15) is 0 Å². The van der Waals surface area contributed by atoms with E-state index in [-0.39, 0.29) is 42.4 Å². The zero-order valence-corrected chi connectivity index (χ0v) is 22.1. The van der Waals surface area contributed by atoms with E-state index in [1.807, 2.05) is 24.8 Å². The number of ether oxygens (including phenoxy) is 2. The van der Waals surface area contributed by atoms with Gasteiger partial charge in [0.05, 0.1) is 12.2 Å². The van der Waals surface area contributed by atoms with E-state index in [1.54, 1.807) is 4.90 Å². The third kappa shape index (κ3) is 6.09. The highest BCUT2D eigenvalue weighted by Crippen LogP contribution is 2.27. The largest absolute Gasteiger partial charge is 0.490 e. The minimum atomic E-state index is -0.154. The first-order valence-corrected chi connectivity index (χ1v) is 13.2. The van der Waals surface area contributed by atoms with Crippen molar-refractivity contribution in [1.82, 2.24) is 9.80 Å². The molecule has 36 heavy (non-hydrogen) atoms. The molecule has 1 aromatic rings. The predicted molar refractivity (Wildman–Crippen MR) is 140 cm³/mol. The second kappa shape index (κ2) is 11.5. The highest BCUT2D eigenvalue weighted by atomic mass is 16.5. The summed E-state index contributed by atoms with van der Waals surface area (Å²) in [5.41, 5.74) is 10.5. The molecule has 1 saturated carbocycles. The van der Waals surface area contributed by atoms with Crippen LogP contribution in [0, 0.1) is 13.8 Å². The van der Waals surface area contributed by atoms with Crippen LogP contribution < -0.4 is 10.5 Å². The molecule has 4 rings (SSSR count). The Bertz CT molecular complexity index is 1010. The maximum atomic E-state index is 13.1. The molecule has 0 bridgehead atoms. The van der Waals surface area contributed by atoms with Crippen LogP contribution in [0.3, 0.4) is 0 Å². The molecule has 2 atom stereocenters. The van der Waals surface area contributed by atoms with Crippen molar-refractivity contribution in [2.24, 2.45) is 10.7 Å². The van der Waals surface area contributed by atoms with Crippen molar-refractivity contribution in [3.8, 4) is 5.75 Å². The molecule has 2 N–H and O–H groups in total. The average molecular weight is 497 g/mol. The quantitative estimate of drug-likeness (QED) is 0.632. The first-order chi connectivity index (χ1) is 17.2. The van der Waals surface area contributed by atoms with Crippen molar-refractivity contribution in [1.29, 1.82) is 0 Å². The summed E-state index contributed by atoms with van der Waals surface area (Å²) in [5, 5.41) is 0. The van der Waals surface area contributed by atoms with Gasteiger partial charge in [0.15, 0.2) is 0 Å². The van der Waals surface area contributed by atoms with Gasteiger partial charge in [-0.3, -0.25) is 14.6 Å². The summed E-state index contributed by atoms with van der Waals surface area (Å²) in [6.07, 6.45) is 4.06. The van der Waals surface area contributed by atoms with Crippen LogP contribution in [0.2, 0.25) is 0 Å². The number of morpholine rings is 1. The first-order valence-electron chi connectivity index (χ1n) is 13.2. The van der Waals surface area contributed by atoms with Gasteiger partial charge in [-0.05, 0) is 58.1 Å². The number of hydrogen-bond acceptors (Lipinski definition) is 6. The third-order valence-electron chi connectivity index (χ3n) is 7.34. The Morgan fingerprint density at radius 1 is 1.06 bits per heavy atom. The van der Waals surface area contributed by atoms with Crippen LogP contribution >= 0.6 is 0 Å². The number of carbonyl (C=O) groups is 2. The smallest absolute Gasteiger partial charge is 0.270 e. The van der Waals surface area contributed by atoms with Crippen LogP contribution in [0.4, 0.5) is 0 Å². The molecule has 196 valence electrons. The summed E-state index contributed by atoms with van der Waals surface area (Å²) >= 11 is 0. The SMILES string of the molecule is Cc1cccc(C)c1OC1CCN(C(=O)CN=C2CCCC2=C(N)C(=O)N2C[C@@H](C)O[C@@H](C)C2)CC1. The number of allylic oxidation sites excluding steroid dienone is 1. The fourth-order valence-corrected chi connectivity index (χ4v) is 5.47. The predicted octanol–water partition coefficient (Wildman–Crippen LogP) is 3.15. The highest BCUT2D eigenvalue weighted by molar-refractivity contribution is 6.09. The number of nitrogens with two attached hydrogens (primary N) is 1. The Labute approximate surface area is 214 Å². The van der Waals surface area contributed by atoms with Gasteiger partial charge >= 0.3 is 0 Å². The summed E-state index contributed by atoms with van der Waals surface area (Å²) in [6.45, 7) is 10.5. The number of benzene rings is 1. The fraction of sp³-hybridized carbons (Fsp3) is 0.607. The lowest BCUT2D eigenvalue weighted by molar-refractivity contribution is -0.139. The van der Waals surface area contributed by atoms with Gasteiger partial charge in [0.1, 0.15) is 24.1 Å². The van der Waals surface area contributed by atoms with E-state index in [2.05, 4.69) is 31.0 Å². The molecule has 1 aliphatic carbocycles. The third-order valence-corrected chi connectivity index (χ3v) is 7.34. The number of aryl methyl sites for hydroxylation is 2. The van der Waals surface area contributed by atoms with Crippen LogP contribution in [-0.2, 0) is 14.3 Å². The zero-order chi connectivity index (χ0) is 25.8. The second-order valence-corrected chi connectivity index (χ2v) is 10.4. The second-order valence-electron chi connectivity index (χ2n) is 10.4. The molecule has 2 aliphatic heterocycles. The van der Waals surface area contributed by atoms with Gasteiger partial charge in [0, 0.05) is 50.3 Å². The Morgan fingerprint density at radius 3 is 2.33 bits per heavy atom. The van der Waals surface area contributed by atoms with Crippen molar-refractivity contribution < 1.29 is 19.1 Å². The standard InChI is InChI=1S/C28H40N4O4/c1-18-7-5-8-19(2)27(18)36-22-11-13-31(14-12-22)25(33)15-30-24-10-6-9-23(24)26(29)28(34)32-16-20(3)35-21(4)17-32/h5,7-8,20-22H,6,9-17,29H2,1-4H3/t20-,21+. The summed E-state index contributed by atoms with van der Waals surface area (Å²) in [4.78, 5) is 34.2. The van der Waals surface area contributed by atoms with Gasteiger partial charge in [0.25, 0.3) is 5.91 Å². The molecule has 0 spiro atoms. The number of rotatable bonds is 5. The number of nitrogens with zero attached hydrogens (tertiary/aromatic N) is 3. The van der Waals surface area contributed by atoms with Crippen molar-refractivity contribution in [3.63, 3.8) is 0 Å². The molecule has 2 heterocycles. The number of likely N-dealkylation sites (tertiary alicyclic amines) is 1. The molecule has 8 nitrogen and oxygen atoms in total. The minimum absolute atomic E-state index is 0.0138. The van der Waals surface area contributed by atoms with Crippen LogP contribution in [-0.4, -0.2) is 78.4 Å². The van der Waals surface area contributed by atoms with Crippen LogP contribution in [0.25, 0.3) is 0 Å². The zero-order valence-electron chi connectivity index (χ0n) is 22.1. The molecule has 0 radical (unpaired) electrons. The van der Waals surface area contributed by atoms with Gasteiger partial charge in [0.2, 0.25) is 5.91 Å². The number of para-hydroxylation sites is 1. The van der Waals surface area contributed by atoms with E-state index >= 15 is 0 Å². The molecule has 2 saturated heterocycles. The lowest BCUT2D eigenvalue weighted by Gasteiger charge is -2.35. The van der Waals surface area contributed by atoms with Crippen molar-refractivity contribution in [3.05, 3.63) is 40.6 Å². The van der Waals surface area contributed by atoms with Gasteiger partial charge in [-0.25, -0.2) is 0 Å². The Hall–Kier alpha value is -2.87. The molecule has 3 aliphatic rings. The Morgan fingerprint density at radius 2 is 1.69 bits per heavy atom. The molecular formula is C28H40N4O4. The van der Waals surface area contributed by atoms with Crippen LogP contribution in [0.5, 0.6) is 5.75 Å².